The summed E-state index contributed by atoms with van der Waals surface area (Å²) < 4.78 is 40.0. The summed E-state index contributed by atoms with van der Waals surface area (Å²) >= 11 is 0. The first-order valence-corrected chi connectivity index (χ1v) is 11.3. The number of alkyl halides is 3. The molecule has 0 aromatic rings. The first-order valence-electron chi connectivity index (χ1n) is 11.3. The number of rotatable bonds is 1. The van der Waals surface area contributed by atoms with Gasteiger partial charge >= 0.3 is 6.18 Å². The summed E-state index contributed by atoms with van der Waals surface area (Å²) in [4.78, 5) is 0. The van der Waals surface area contributed by atoms with Crippen molar-refractivity contribution in [3.8, 4) is 0 Å². The van der Waals surface area contributed by atoms with Crippen molar-refractivity contribution in [3.63, 3.8) is 0 Å². The van der Waals surface area contributed by atoms with Crippen LogP contribution in [-0.4, -0.2) is 17.4 Å². The van der Waals surface area contributed by atoms with E-state index >= 15 is 0 Å². The average Bonchev–Trinajstić information content (AvgIpc) is 3.26. The highest BCUT2D eigenvalue weighted by atomic mass is 19.4. The van der Waals surface area contributed by atoms with Gasteiger partial charge in [-0.15, -0.1) is 0 Å². The van der Waals surface area contributed by atoms with Crippen LogP contribution < -0.4 is 0 Å². The topological polar surface area (TPSA) is 20.2 Å². The highest BCUT2D eigenvalue weighted by Gasteiger charge is 2.71. The summed E-state index contributed by atoms with van der Waals surface area (Å²) in [7, 11) is 0. The second kappa shape index (κ2) is 5.67. The number of hydrogen-bond donors (Lipinski definition) is 1. The van der Waals surface area contributed by atoms with Gasteiger partial charge in [0.2, 0.25) is 0 Å². The molecule has 5 aliphatic rings. The maximum Gasteiger partial charge on any atom is 0.391 e. The van der Waals surface area contributed by atoms with Gasteiger partial charge in [0.1, 0.15) is 0 Å². The fraction of sp³-hybridized carbons (Fsp3) is 1.00. The van der Waals surface area contributed by atoms with E-state index in [1.54, 1.807) is 0 Å². The number of aliphatic hydroxyl groups is 1. The normalized spacial score (nSPS) is 57.9. The fourth-order valence-electron chi connectivity index (χ4n) is 9.49. The molecule has 0 aliphatic heterocycles. The lowest BCUT2D eigenvalue weighted by Gasteiger charge is -2.62. The van der Waals surface area contributed by atoms with Crippen molar-refractivity contribution in [2.45, 2.75) is 84.4 Å². The summed E-state index contributed by atoms with van der Waals surface area (Å²) in [6.07, 6.45) is 2.99. The van der Waals surface area contributed by atoms with Gasteiger partial charge in [-0.25, -0.2) is 0 Å². The molecule has 1 N–H and O–H groups in total. The van der Waals surface area contributed by atoms with Crippen molar-refractivity contribution < 1.29 is 18.3 Å². The van der Waals surface area contributed by atoms with Gasteiger partial charge in [0.25, 0.3) is 0 Å². The number of fused-ring (bicyclic) bond motifs is 7. The van der Waals surface area contributed by atoms with E-state index in [-0.39, 0.29) is 22.9 Å². The first kappa shape index (κ1) is 18.8. The molecule has 0 aromatic heterocycles. The Hall–Kier alpha value is -0.250. The summed E-state index contributed by atoms with van der Waals surface area (Å²) in [6.45, 7) is 6.76. The lowest BCUT2D eigenvalue weighted by Crippen LogP contribution is -2.55. The van der Waals surface area contributed by atoms with Crippen LogP contribution in [0.5, 0.6) is 0 Å². The van der Waals surface area contributed by atoms with E-state index in [0.717, 1.165) is 25.2 Å². The van der Waals surface area contributed by atoms with Crippen molar-refractivity contribution in [2.24, 2.45) is 58.2 Å². The smallest absolute Gasteiger partial charge is 0.391 e. The molecule has 1 nitrogen and oxygen atoms in total. The van der Waals surface area contributed by atoms with E-state index < -0.39 is 12.1 Å². The standard InChI is InChI=1S/C23H35F3O/c1-12(27)19-16-11-17(16)20-15-5-4-13-10-14(23(24,25)26)6-8-21(13,2)18(15)7-9-22(19,20)3/h12-20,27H,4-11H2,1-3H3/t12-,13?,14?,15?,16-,17?,18?,19?,20?,21?,22?/m0/s1. The van der Waals surface area contributed by atoms with Crippen LogP contribution in [0.1, 0.15) is 72.1 Å². The Morgan fingerprint density at radius 2 is 1.59 bits per heavy atom. The van der Waals surface area contributed by atoms with Crippen LogP contribution in [-0.2, 0) is 0 Å². The molecular weight excluding hydrogens is 349 g/mol. The zero-order valence-corrected chi connectivity index (χ0v) is 16.9. The van der Waals surface area contributed by atoms with Crippen LogP contribution in [0.25, 0.3) is 0 Å². The van der Waals surface area contributed by atoms with Gasteiger partial charge in [0, 0.05) is 0 Å². The molecule has 0 bridgehead atoms. The van der Waals surface area contributed by atoms with E-state index in [1.165, 1.54) is 19.3 Å². The van der Waals surface area contributed by atoms with Crippen molar-refractivity contribution in [1.82, 2.24) is 0 Å². The maximum atomic E-state index is 13.3. The molecule has 5 aliphatic carbocycles. The van der Waals surface area contributed by atoms with Crippen LogP contribution in [0.15, 0.2) is 0 Å². The summed E-state index contributed by atoms with van der Waals surface area (Å²) in [6, 6.07) is 0. The zero-order valence-electron chi connectivity index (χ0n) is 16.9. The monoisotopic (exact) mass is 384 g/mol. The molecule has 9 unspecified atom stereocenters. The van der Waals surface area contributed by atoms with Crippen LogP contribution in [0.4, 0.5) is 13.2 Å². The van der Waals surface area contributed by atoms with Gasteiger partial charge in [0.15, 0.2) is 0 Å². The number of aliphatic hydroxyl groups excluding tert-OH is 1. The molecule has 0 heterocycles. The summed E-state index contributed by atoms with van der Waals surface area (Å²) in [5, 5.41) is 10.5. The van der Waals surface area contributed by atoms with Gasteiger partial charge < -0.3 is 5.11 Å². The second-order valence-corrected chi connectivity index (χ2v) is 11.5. The third-order valence-corrected chi connectivity index (χ3v) is 10.5. The molecule has 0 amide bonds. The highest BCUT2D eigenvalue weighted by molar-refractivity contribution is 5.19. The van der Waals surface area contributed by atoms with Crippen molar-refractivity contribution >= 4 is 0 Å². The minimum atomic E-state index is -4.01. The molecule has 11 atom stereocenters. The molecule has 0 aromatic carbocycles. The predicted octanol–water partition coefficient (Wildman–Crippen LogP) is 6.06. The van der Waals surface area contributed by atoms with Gasteiger partial charge in [-0.1, -0.05) is 13.8 Å². The second-order valence-electron chi connectivity index (χ2n) is 11.5. The molecule has 154 valence electrons. The molecule has 0 radical (unpaired) electrons. The van der Waals surface area contributed by atoms with E-state index in [0.29, 0.717) is 42.4 Å². The molecule has 27 heavy (non-hydrogen) atoms. The maximum absolute atomic E-state index is 13.3. The van der Waals surface area contributed by atoms with Gasteiger partial charge in [-0.05, 0) is 111 Å². The Bertz CT molecular complexity index is 615. The average molecular weight is 385 g/mol. The van der Waals surface area contributed by atoms with E-state index in [1.807, 2.05) is 6.92 Å². The third-order valence-electron chi connectivity index (χ3n) is 10.5. The quantitative estimate of drug-likeness (QED) is 0.582. The Morgan fingerprint density at radius 3 is 2.26 bits per heavy atom. The molecule has 5 rings (SSSR count). The van der Waals surface area contributed by atoms with Gasteiger partial charge in [-0.3, -0.25) is 0 Å². The Kier molecular flexibility index (Phi) is 3.94. The molecule has 0 spiro atoms. The Morgan fingerprint density at radius 1 is 0.889 bits per heavy atom. The highest BCUT2D eigenvalue weighted by Crippen LogP contribution is 2.76. The largest absolute Gasteiger partial charge is 0.393 e. The molecule has 4 heteroatoms. The van der Waals surface area contributed by atoms with E-state index in [4.69, 9.17) is 0 Å². The lowest BCUT2D eigenvalue weighted by atomic mass is 9.43. The van der Waals surface area contributed by atoms with Crippen molar-refractivity contribution in [2.75, 3.05) is 0 Å². The number of hydrogen-bond acceptors (Lipinski definition) is 1. The van der Waals surface area contributed by atoms with Crippen molar-refractivity contribution in [3.05, 3.63) is 0 Å². The zero-order chi connectivity index (χ0) is 19.4. The minimum Gasteiger partial charge on any atom is -0.393 e. The van der Waals surface area contributed by atoms with E-state index in [9.17, 15) is 18.3 Å². The Balaban J connectivity index is 1.41. The van der Waals surface area contributed by atoms with Crippen LogP contribution in [0, 0.1) is 58.2 Å². The molecule has 5 fully saturated rings. The Labute approximate surface area is 161 Å². The first-order chi connectivity index (χ1) is 12.6. The van der Waals surface area contributed by atoms with Gasteiger partial charge in [0.05, 0.1) is 12.0 Å². The minimum absolute atomic E-state index is 0.110. The summed E-state index contributed by atoms with van der Waals surface area (Å²) in [5.74, 6) is 3.13. The summed E-state index contributed by atoms with van der Waals surface area (Å²) in [5.41, 5.74) is 0.370. The number of halogens is 3. The lowest BCUT2D eigenvalue weighted by molar-refractivity contribution is -0.209. The van der Waals surface area contributed by atoms with E-state index in [2.05, 4.69) is 13.8 Å². The van der Waals surface area contributed by atoms with Crippen LogP contribution in [0.2, 0.25) is 0 Å². The SMILES string of the molecule is C[C@H](O)C1[C@H]2CC2C2C3CCC4CC(C(F)(F)F)CCC4(C)C3CCC21C. The third kappa shape index (κ3) is 2.47. The van der Waals surface area contributed by atoms with Gasteiger partial charge in [-0.2, -0.15) is 13.2 Å². The van der Waals surface area contributed by atoms with Crippen LogP contribution >= 0.6 is 0 Å². The van der Waals surface area contributed by atoms with Crippen molar-refractivity contribution in [1.29, 1.82) is 0 Å². The molecular formula is C23H35F3O. The molecule has 5 saturated carbocycles. The fourth-order valence-corrected chi connectivity index (χ4v) is 9.49. The predicted molar refractivity (Wildman–Crippen MR) is 98.8 cm³/mol. The van der Waals surface area contributed by atoms with Crippen LogP contribution in [0.3, 0.4) is 0 Å². The molecule has 0 saturated heterocycles.